The molecule has 1 aromatic carbocycles. The second-order valence-electron chi connectivity index (χ2n) is 6.93. The fourth-order valence-electron chi connectivity index (χ4n) is 2.50. The molecule has 0 aliphatic rings. The average molecular weight is 421 g/mol. The molecule has 1 aromatic heterocycles. The van der Waals surface area contributed by atoms with Crippen molar-refractivity contribution in [1.29, 1.82) is 0 Å². The molecule has 1 atom stereocenters. The predicted octanol–water partition coefficient (Wildman–Crippen LogP) is 3.44. The van der Waals surface area contributed by atoms with E-state index in [1.54, 1.807) is 6.92 Å². The van der Waals surface area contributed by atoms with Gasteiger partial charge in [0.15, 0.2) is 11.0 Å². The van der Waals surface area contributed by atoms with Crippen LogP contribution in [0.3, 0.4) is 0 Å². The number of rotatable bonds is 9. The monoisotopic (exact) mass is 420 g/mol. The molecule has 0 unspecified atom stereocenters. The lowest BCUT2D eigenvalue weighted by Crippen LogP contribution is -2.36. The van der Waals surface area contributed by atoms with Crippen molar-refractivity contribution in [3.05, 3.63) is 35.7 Å². The topological polar surface area (TPSA) is 95.3 Å². The average Bonchev–Trinajstić information content (AvgIpc) is 3.07. The van der Waals surface area contributed by atoms with Crippen molar-refractivity contribution < 1.29 is 19.1 Å². The third-order valence-electron chi connectivity index (χ3n) is 4.10. The Morgan fingerprint density at radius 3 is 2.45 bits per heavy atom. The molecular formula is C20H28N4O4S. The SMILES string of the molecule is CCc1ccc(OCc2nnc(S[C@@H](C)C(=O)NC(=O)OC)n2CC(C)C)cc1. The maximum atomic E-state index is 12.1. The molecule has 0 spiro atoms. The highest BCUT2D eigenvalue weighted by Crippen LogP contribution is 2.24. The van der Waals surface area contributed by atoms with E-state index >= 15 is 0 Å². The minimum Gasteiger partial charge on any atom is -0.486 e. The Labute approximate surface area is 175 Å². The zero-order chi connectivity index (χ0) is 21.4. The zero-order valence-corrected chi connectivity index (χ0v) is 18.3. The number of alkyl carbamates (subject to hydrolysis) is 1. The van der Waals surface area contributed by atoms with Crippen molar-refractivity contribution in [2.75, 3.05) is 7.11 Å². The number of nitrogens with one attached hydrogen (secondary N) is 1. The molecule has 0 saturated carbocycles. The standard InChI is InChI=1S/C20H28N4O4S/c1-6-15-7-9-16(10-8-15)28-12-17-22-23-19(24(17)11-13(2)3)29-14(4)18(25)21-20(26)27-5/h7-10,13-14H,6,11-12H2,1-5H3,(H,21,25,26)/t14-/m0/s1. The van der Waals surface area contributed by atoms with Gasteiger partial charge in [-0.3, -0.25) is 10.1 Å². The first-order valence-corrected chi connectivity index (χ1v) is 10.4. The van der Waals surface area contributed by atoms with Crippen LogP contribution < -0.4 is 10.1 Å². The van der Waals surface area contributed by atoms with Crippen LogP contribution in [0.25, 0.3) is 0 Å². The summed E-state index contributed by atoms with van der Waals surface area (Å²) in [5.74, 6) is 1.35. The van der Waals surface area contributed by atoms with Gasteiger partial charge in [0.25, 0.3) is 0 Å². The van der Waals surface area contributed by atoms with Gasteiger partial charge >= 0.3 is 6.09 Å². The van der Waals surface area contributed by atoms with Gasteiger partial charge in [-0.05, 0) is 37.0 Å². The summed E-state index contributed by atoms with van der Waals surface area (Å²) in [5, 5.41) is 10.7. The van der Waals surface area contributed by atoms with Crippen LogP contribution >= 0.6 is 11.8 Å². The van der Waals surface area contributed by atoms with Gasteiger partial charge < -0.3 is 14.0 Å². The Morgan fingerprint density at radius 1 is 1.17 bits per heavy atom. The van der Waals surface area contributed by atoms with Crippen LogP contribution in [0.1, 0.15) is 39.1 Å². The molecule has 2 aromatic rings. The third kappa shape index (κ3) is 6.77. The smallest absolute Gasteiger partial charge is 0.413 e. The molecule has 0 radical (unpaired) electrons. The first-order chi connectivity index (χ1) is 13.8. The lowest BCUT2D eigenvalue weighted by molar-refractivity contribution is -0.119. The Morgan fingerprint density at radius 2 is 1.86 bits per heavy atom. The third-order valence-corrected chi connectivity index (χ3v) is 5.18. The van der Waals surface area contributed by atoms with Crippen LogP contribution in [-0.4, -0.2) is 39.1 Å². The van der Waals surface area contributed by atoms with Gasteiger partial charge in [0.05, 0.1) is 12.4 Å². The number of carbonyl (C=O) groups excluding carboxylic acids is 2. The summed E-state index contributed by atoms with van der Waals surface area (Å²) in [6.45, 7) is 8.95. The summed E-state index contributed by atoms with van der Waals surface area (Å²) < 4.78 is 12.3. The van der Waals surface area contributed by atoms with Gasteiger partial charge in [0.2, 0.25) is 5.91 Å². The molecule has 2 rings (SSSR count). The molecule has 29 heavy (non-hydrogen) atoms. The van der Waals surface area contributed by atoms with Gasteiger partial charge in [-0.2, -0.15) is 0 Å². The Kier molecular flexibility index (Phi) is 8.50. The molecule has 0 bridgehead atoms. The Hall–Kier alpha value is -2.55. The number of aromatic nitrogens is 3. The summed E-state index contributed by atoms with van der Waals surface area (Å²) >= 11 is 1.23. The quantitative estimate of drug-likeness (QED) is 0.621. The highest BCUT2D eigenvalue weighted by molar-refractivity contribution is 8.00. The van der Waals surface area contributed by atoms with E-state index in [-0.39, 0.29) is 6.61 Å². The number of thioether (sulfide) groups is 1. The summed E-state index contributed by atoms with van der Waals surface area (Å²) in [6.07, 6.45) is 0.194. The first kappa shape index (κ1) is 22.7. The van der Waals surface area contributed by atoms with Gasteiger partial charge in [0.1, 0.15) is 12.4 Å². The summed E-state index contributed by atoms with van der Waals surface area (Å²) in [4.78, 5) is 23.3. The molecule has 0 saturated heterocycles. The number of ether oxygens (including phenoxy) is 2. The summed E-state index contributed by atoms with van der Waals surface area (Å²) in [6, 6.07) is 7.96. The lowest BCUT2D eigenvalue weighted by Gasteiger charge is -2.15. The van der Waals surface area contributed by atoms with Crippen molar-refractivity contribution in [2.45, 2.75) is 57.7 Å². The molecule has 0 aliphatic heterocycles. The van der Waals surface area contributed by atoms with Gasteiger partial charge in [-0.1, -0.05) is 44.7 Å². The number of amides is 2. The van der Waals surface area contributed by atoms with E-state index in [9.17, 15) is 9.59 Å². The maximum Gasteiger partial charge on any atom is 0.413 e. The molecule has 8 nitrogen and oxygen atoms in total. The fourth-order valence-corrected chi connectivity index (χ4v) is 3.37. The zero-order valence-electron chi connectivity index (χ0n) is 17.5. The van der Waals surface area contributed by atoms with Crippen molar-refractivity contribution in [2.24, 2.45) is 5.92 Å². The summed E-state index contributed by atoms with van der Waals surface area (Å²) in [5.41, 5.74) is 1.25. The Balaban J connectivity index is 2.09. The minimum atomic E-state index is -0.783. The van der Waals surface area contributed by atoms with Crippen molar-refractivity contribution in [3.8, 4) is 5.75 Å². The number of methoxy groups -OCH3 is 1. The fraction of sp³-hybridized carbons (Fsp3) is 0.500. The second-order valence-corrected chi connectivity index (χ2v) is 8.24. The van der Waals surface area contributed by atoms with Crippen LogP contribution in [-0.2, 0) is 29.1 Å². The normalized spacial score (nSPS) is 11.9. The van der Waals surface area contributed by atoms with E-state index in [4.69, 9.17) is 4.74 Å². The number of hydrogen-bond donors (Lipinski definition) is 1. The van der Waals surface area contributed by atoms with E-state index in [1.807, 2.05) is 28.8 Å². The number of imide groups is 1. The molecule has 0 aliphatic carbocycles. The first-order valence-electron chi connectivity index (χ1n) is 9.53. The van der Waals surface area contributed by atoms with Crippen molar-refractivity contribution in [1.82, 2.24) is 20.1 Å². The van der Waals surface area contributed by atoms with E-state index in [1.165, 1.54) is 24.4 Å². The molecule has 1 heterocycles. The number of nitrogens with zero attached hydrogens (tertiary/aromatic N) is 3. The maximum absolute atomic E-state index is 12.1. The van der Waals surface area contributed by atoms with E-state index in [0.717, 1.165) is 12.2 Å². The van der Waals surface area contributed by atoms with Crippen LogP contribution in [0.4, 0.5) is 4.79 Å². The lowest BCUT2D eigenvalue weighted by atomic mass is 10.2. The predicted molar refractivity (Wildman–Crippen MR) is 111 cm³/mol. The van der Waals surface area contributed by atoms with Crippen molar-refractivity contribution >= 4 is 23.8 Å². The Bertz CT molecular complexity index is 820. The van der Waals surface area contributed by atoms with Crippen molar-refractivity contribution in [3.63, 3.8) is 0 Å². The van der Waals surface area contributed by atoms with Gasteiger partial charge in [-0.15, -0.1) is 10.2 Å². The number of hydrogen-bond acceptors (Lipinski definition) is 7. The minimum absolute atomic E-state index is 0.272. The molecule has 2 amide bonds. The van der Waals surface area contributed by atoms with Gasteiger partial charge in [-0.25, -0.2) is 4.79 Å². The molecule has 1 N–H and O–H groups in total. The van der Waals surface area contributed by atoms with Crippen LogP contribution in [0.5, 0.6) is 5.75 Å². The summed E-state index contributed by atoms with van der Waals surface area (Å²) in [7, 11) is 1.21. The highest BCUT2D eigenvalue weighted by Gasteiger charge is 2.22. The van der Waals surface area contributed by atoms with Crippen LogP contribution in [0.2, 0.25) is 0 Å². The molecule has 158 valence electrons. The van der Waals surface area contributed by atoms with E-state index in [0.29, 0.717) is 23.4 Å². The highest BCUT2D eigenvalue weighted by atomic mass is 32.2. The molecule has 9 heteroatoms. The van der Waals surface area contributed by atoms with Crippen LogP contribution in [0.15, 0.2) is 29.4 Å². The van der Waals surface area contributed by atoms with Crippen LogP contribution in [0, 0.1) is 5.92 Å². The van der Waals surface area contributed by atoms with Gasteiger partial charge in [0, 0.05) is 6.54 Å². The van der Waals surface area contributed by atoms with E-state index in [2.05, 4.69) is 41.0 Å². The second kappa shape index (κ2) is 10.8. The number of aryl methyl sites for hydroxylation is 1. The molecular weight excluding hydrogens is 392 g/mol. The largest absolute Gasteiger partial charge is 0.486 e. The molecule has 0 fully saturated rings. The number of benzene rings is 1. The number of carbonyl (C=O) groups is 2. The van der Waals surface area contributed by atoms with E-state index < -0.39 is 17.3 Å².